The van der Waals surface area contributed by atoms with Crippen LogP contribution < -0.4 is 5.32 Å². The minimum absolute atomic E-state index is 0. The van der Waals surface area contributed by atoms with E-state index in [0.717, 1.165) is 25.5 Å². The standard InChI is InChI=1S/C19H33N5.HI/c1-20-18(21-12-8-17-14-22-23(2)15-17)24-13-7-11-19(16-24)9-5-3-4-6-10-19;/h14-15H,3-13,16H2,1-2H3,(H,20,21);1H. The first-order chi connectivity index (χ1) is 11.7. The van der Waals surface area contributed by atoms with E-state index in [1.54, 1.807) is 0 Å². The second-order valence-electron chi connectivity index (χ2n) is 7.69. The van der Waals surface area contributed by atoms with E-state index in [1.165, 1.54) is 63.5 Å². The van der Waals surface area contributed by atoms with Crippen LogP contribution in [-0.2, 0) is 13.5 Å². The predicted octanol–water partition coefficient (Wildman–Crippen LogP) is 3.59. The highest BCUT2D eigenvalue weighted by molar-refractivity contribution is 14.0. The molecule has 2 fully saturated rings. The maximum atomic E-state index is 4.56. The van der Waals surface area contributed by atoms with Gasteiger partial charge in [0.05, 0.1) is 6.20 Å². The van der Waals surface area contributed by atoms with Crippen molar-refractivity contribution in [1.82, 2.24) is 20.0 Å². The van der Waals surface area contributed by atoms with Gasteiger partial charge in [0, 0.05) is 39.9 Å². The van der Waals surface area contributed by atoms with Gasteiger partial charge in [-0.05, 0) is 43.1 Å². The van der Waals surface area contributed by atoms with Crippen LogP contribution in [0.5, 0.6) is 0 Å². The van der Waals surface area contributed by atoms with Crippen molar-refractivity contribution >= 4 is 29.9 Å². The fourth-order valence-electron chi connectivity index (χ4n) is 4.53. The normalized spacial score (nSPS) is 20.9. The zero-order valence-electron chi connectivity index (χ0n) is 15.8. The number of aliphatic imine (C=N–C) groups is 1. The highest BCUT2D eigenvalue weighted by Crippen LogP contribution is 2.42. The van der Waals surface area contributed by atoms with Crippen molar-refractivity contribution in [3.8, 4) is 0 Å². The molecule has 0 unspecified atom stereocenters. The largest absolute Gasteiger partial charge is 0.356 e. The fraction of sp³-hybridized carbons (Fsp3) is 0.789. The van der Waals surface area contributed by atoms with E-state index in [1.807, 2.05) is 25.0 Å². The van der Waals surface area contributed by atoms with Gasteiger partial charge in [-0.1, -0.05) is 25.7 Å². The molecule has 1 aliphatic carbocycles. The summed E-state index contributed by atoms with van der Waals surface area (Å²) in [6.07, 6.45) is 16.3. The lowest BCUT2D eigenvalue weighted by molar-refractivity contribution is 0.115. The molecule has 142 valence electrons. The number of hydrogen-bond donors (Lipinski definition) is 1. The van der Waals surface area contributed by atoms with Crippen molar-refractivity contribution in [3.63, 3.8) is 0 Å². The lowest BCUT2D eigenvalue weighted by Crippen LogP contribution is -2.50. The average Bonchev–Trinajstić information content (AvgIpc) is 2.87. The number of aromatic nitrogens is 2. The first-order valence-corrected chi connectivity index (χ1v) is 9.64. The third kappa shape index (κ3) is 5.59. The molecule has 1 spiro atoms. The first-order valence-electron chi connectivity index (χ1n) is 9.64. The van der Waals surface area contributed by atoms with Crippen LogP contribution in [0.4, 0.5) is 0 Å². The van der Waals surface area contributed by atoms with Crippen molar-refractivity contribution in [3.05, 3.63) is 18.0 Å². The van der Waals surface area contributed by atoms with Crippen LogP contribution >= 0.6 is 24.0 Å². The summed E-state index contributed by atoms with van der Waals surface area (Å²) < 4.78 is 1.87. The first kappa shape index (κ1) is 20.5. The van der Waals surface area contributed by atoms with E-state index in [2.05, 4.69) is 26.5 Å². The number of aryl methyl sites for hydroxylation is 1. The van der Waals surface area contributed by atoms with E-state index >= 15 is 0 Å². The second kappa shape index (κ2) is 9.78. The summed E-state index contributed by atoms with van der Waals surface area (Å²) >= 11 is 0. The Morgan fingerprint density at radius 2 is 1.92 bits per heavy atom. The number of hydrogen-bond acceptors (Lipinski definition) is 2. The Labute approximate surface area is 169 Å². The molecule has 25 heavy (non-hydrogen) atoms. The van der Waals surface area contributed by atoms with Gasteiger partial charge >= 0.3 is 0 Å². The Morgan fingerprint density at radius 1 is 1.20 bits per heavy atom. The smallest absolute Gasteiger partial charge is 0.193 e. The lowest BCUT2D eigenvalue weighted by Gasteiger charge is -2.44. The summed E-state index contributed by atoms with van der Waals surface area (Å²) in [4.78, 5) is 7.07. The molecule has 1 aliphatic heterocycles. The molecule has 0 bridgehead atoms. The molecular weight excluding hydrogens is 425 g/mol. The Bertz CT molecular complexity index is 546. The van der Waals surface area contributed by atoms with Crippen LogP contribution in [0.15, 0.2) is 17.4 Å². The molecule has 0 radical (unpaired) electrons. The Morgan fingerprint density at radius 3 is 2.56 bits per heavy atom. The van der Waals surface area contributed by atoms with Gasteiger partial charge in [0.15, 0.2) is 5.96 Å². The van der Waals surface area contributed by atoms with E-state index in [9.17, 15) is 0 Å². The van der Waals surface area contributed by atoms with Crippen LogP contribution in [0.3, 0.4) is 0 Å². The molecule has 1 N–H and O–H groups in total. The summed E-state index contributed by atoms with van der Waals surface area (Å²) in [7, 11) is 3.89. The number of guanidine groups is 1. The number of likely N-dealkylation sites (tertiary alicyclic amines) is 1. The van der Waals surface area contributed by atoms with E-state index < -0.39 is 0 Å². The van der Waals surface area contributed by atoms with Gasteiger partial charge in [0.25, 0.3) is 0 Å². The number of nitrogens with one attached hydrogen (secondary N) is 1. The van der Waals surface area contributed by atoms with Crippen molar-refractivity contribution in [2.24, 2.45) is 17.5 Å². The molecule has 0 aromatic carbocycles. The molecular formula is C19H34IN5. The van der Waals surface area contributed by atoms with E-state index in [4.69, 9.17) is 0 Å². The van der Waals surface area contributed by atoms with Gasteiger partial charge in [0.2, 0.25) is 0 Å². The zero-order chi connectivity index (χ0) is 16.8. The average molecular weight is 459 g/mol. The highest BCUT2D eigenvalue weighted by atomic mass is 127. The molecule has 2 aliphatic rings. The topological polar surface area (TPSA) is 45.5 Å². The molecule has 5 nitrogen and oxygen atoms in total. The summed E-state index contributed by atoms with van der Waals surface area (Å²) in [6, 6.07) is 0. The van der Waals surface area contributed by atoms with Crippen LogP contribution in [0.25, 0.3) is 0 Å². The highest BCUT2D eigenvalue weighted by Gasteiger charge is 2.36. The number of halogens is 1. The quantitative estimate of drug-likeness (QED) is 0.427. The van der Waals surface area contributed by atoms with Crippen molar-refractivity contribution in [2.45, 2.75) is 57.8 Å². The molecule has 6 heteroatoms. The van der Waals surface area contributed by atoms with Gasteiger partial charge in [0.1, 0.15) is 0 Å². The molecule has 1 saturated carbocycles. The minimum atomic E-state index is 0. The minimum Gasteiger partial charge on any atom is -0.356 e. The molecule has 1 aromatic heterocycles. The van der Waals surface area contributed by atoms with Crippen LogP contribution in [0.1, 0.15) is 56.9 Å². The predicted molar refractivity (Wildman–Crippen MR) is 115 cm³/mol. The summed E-state index contributed by atoms with van der Waals surface area (Å²) in [5.74, 6) is 1.09. The summed E-state index contributed by atoms with van der Waals surface area (Å²) in [5, 5.41) is 7.81. The monoisotopic (exact) mass is 459 g/mol. The maximum absolute atomic E-state index is 4.56. The molecule has 1 saturated heterocycles. The van der Waals surface area contributed by atoms with Gasteiger partial charge in [-0.2, -0.15) is 5.10 Å². The van der Waals surface area contributed by atoms with Crippen molar-refractivity contribution in [1.29, 1.82) is 0 Å². The van der Waals surface area contributed by atoms with Crippen molar-refractivity contribution in [2.75, 3.05) is 26.7 Å². The van der Waals surface area contributed by atoms with Gasteiger partial charge in [-0.3, -0.25) is 9.67 Å². The summed E-state index contributed by atoms with van der Waals surface area (Å²) in [6.45, 7) is 3.26. The number of rotatable bonds is 3. The zero-order valence-corrected chi connectivity index (χ0v) is 18.2. The van der Waals surface area contributed by atoms with Gasteiger partial charge < -0.3 is 10.2 Å². The van der Waals surface area contributed by atoms with E-state index in [0.29, 0.717) is 5.41 Å². The maximum Gasteiger partial charge on any atom is 0.193 e. The number of nitrogens with zero attached hydrogens (tertiary/aromatic N) is 4. The molecule has 2 heterocycles. The van der Waals surface area contributed by atoms with E-state index in [-0.39, 0.29) is 24.0 Å². The van der Waals surface area contributed by atoms with Gasteiger partial charge in [-0.25, -0.2) is 0 Å². The third-order valence-electron chi connectivity index (χ3n) is 5.79. The second-order valence-corrected chi connectivity index (χ2v) is 7.69. The van der Waals surface area contributed by atoms with Crippen LogP contribution in [0.2, 0.25) is 0 Å². The van der Waals surface area contributed by atoms with Crippen LogP contribution in [-0.4, -0.2) is 47.3 Å². The van der Waals surface area contributed by atoms with Crippen molar-refractivity contribution < 1.29 is 0 Å². The Hall–Kier alpha value is -0.790. The Kier molecular flexibility index (Phi) is 8.03. The SMILES string of the molecule is CN=C(NCCc1cnn(C)c1)N1CCCC2(CCCCCC2)C1.I. The summed E-state index contributed by atoms with van der Waals surface area (Å²) in [5.41, 5.74) is 1.83. The van der Waals surface area contributed by atoms with Gasteiger partial charge in [-0.15, -0.1) is 24.0 Å². The fourth-order valence-corrected chi connectivity index (χ4v) is 4.53. The van der Waals surface area contributed by atoms with Crippen LogP contribution in [0, 0.1) is 5.41 Å². The molecule has 3 rings (SSSR count). The number of piperidine rings is 1. The molecule has 0 amide bonds. The molecule has 0 atom stereocenters. The third-order valence-corrected chi connectivity index (χ3v) is 5.79. The Balaban J connectivity index is 0.00000225. The lowest BCUT2D eigenvalue weighted by atomic mass is 9.74. The molecule has 1 aromatic rings.